The monoisotopic (exact) mass is 511 g/mol. The highest BCUT2D eigenvalue weighted by molar-refractivity contribution is 7.93. The first-order valence-electron chi connectivity index (χ1n) is 10.1. The molecular formula is C22H20F3N3O4S2. The van der Waals surface area contributed by atoms with Gasteiger partial charge in [-0.2, -0.15) is 0 Å². The van der Waals surface area contributed by atoms with Crippen LogP contribution in [0.25, 0.3) is 11.1 Å². The maximum absolute atomic E-state index is 14.9. The Morgan fingerprint density at radius 3 is 1.97 bits per heavy atom. The highest BCUT2D eigenvalue weighted by atomic mass is 32.2. The molecule has 0 amide bonds. The first kappa shape index (κ1) is 23.9. The third-order valence-corrected chi connectivity index (χ3v) is 7.52. The molecule has 0 aromatic heterocycles. The molecule has 34 heavy (non-hydrogen) atoms. The number of halogens is 3. The summed E-state index contributed by atoms with van der Waals surface area (Å²) in [5.41, 5.74) is 0.404. The number of hydrogen-bond donors (Lipinski definition) is 3. The SMILES string of the molecule is CS(=O)(=O)Nc1ccc(-c2ccc(Nc3c(NS(=O)(=O)C4CC4)ccc(F)c3F)c(F)c2)cc1. The molecule has 3 aromatic carbocycles. The van der Waals surface area contributed by atoms with Gasteiger partial charge >= 0.3 is 0 Å². The first-order valence-corrected chi connectivity index (χ1v) is 13.5. The zero-order valence-electron chi connectivity index (χ0n) is 17.8. The number of sulfonamides is 2. The van der Waals surface area contributed by atoms with Crippen LogP contribution in [0.4, 0.5) is 35.9 Å². The summed E-state index contributed by atoms with van der Waals surface area (Å²) < 4.78 is 95.0. The van der Waals surface area contributed by atoms with E-state index in [1.54, 1.807) is 12.1 Å². The van der Waals surface area contributed by atoms with Crippen LogP contribution in [0.2, 0.25) is 0 Å². The second kappa shape index (κ2) is 8.84. The predicted molar refractivity (Wildman–Crippen MR) is 126 cm³/mol. The van der Waals surface area contributed by atoms with Crippen LogP contribution < -0.4 is 14.8 Å². The smallest absolute Gasteiger partial charge is 0.235 e. The molecule has 3 aromatic rings. The Bertz CT molecular complexity index is 1460. The van der Waals surface area contributed by atoms with Crippen LogP contribution >= 0.6 is 0 Å². The predicted octanol–water partition coefficient (Wildman–Crippen LogP) is 4.79. The number of hydrogen-bond acceptors (Lipinski definition) is 5. The molecule has 12 heteroatoms. The fourth-order valence-electron chi connectivity index (χ4n) is 3.25. The Kier molecular flexibility index (Phi) is 6.21. The van der Waals surface area contributed by atoms with E-state index in [1.165, 1.54) is 24.3 Å². The van der Waals surface area contributed by atoms with Gasteiger partial charge in [-0.25, -0.2) is 30.0 Å². The average molecular weight is 512 g/mol. The summed E-state index contributed by atoms with van der Waals surface area (Å²) in [4.78, 5) is 0. The van der Waals surface area contributed by atoms with Gasteiger partial charge in [-0.1, -0.05) is 18.2 Å². The first-order chi connectivity index (χ1) is 15.9. The Balaban J connectivity index is 1.60. The fourth-order valence-corrected chi connectivity index (χ4v) is 5.21. The Morgan fingerprint density at radius 2 is 1.38 bits per heavy atom. The molecule has 180 valence electrons. The van der Waals surface area contributed by atoms with E-state index in [0.29, 0.717) is 29.7 Å². The summed E-state index contributed by atoms with van der Waals surface area (Å²) >= 11 is 0. The second-order valence-electron chi connectivity index (χ2n) is 7.90. The van der Waals surface area contributed by atoms with E-state index in [4.69, 9.17) is 0 Å². The van der Waals surface area contributed by atoms with Crippen LogP contribution in [-0.2, 0) is 20.0 Å². The van der Waals surface area contributed by atoms with Gasteiger partial charge in [0.25, 0.3) is 0 Å². The molecule has 1 aliphatic carbocycles. The second-order valence-corrected chi connectivity index (χ2v) is 11.6. The van der Waals surface area contributed by atoms with Gasteiger partial charge in [-0.15, -0.1) is 0 Å². The van der Waals surface area contributed by atoms with Crippen LogP contribution in [0.3, 0.4) is 0 Å². The zero-order valence-corrected chi connectivity index (χ0v) is 19.4. The summed E-state index contributed by atoms with van der Waals surface area (Å²) in [5, 5.41) is 1.86. The standard InChI is InChI=1S/C22H20F3N3O4S2/c1-33(29,30)27-15-5-2-13(3-6-15)14-4-10-19(18(24)12-14)26-22-20(11-9-17(23)21(22)25)28-34(31,32)16-7-8-16/h2-6,9-12,16,26-28H,7-8H2,1H3. The van der Waals surface area contributed by atoms with E-state index >= 15 is 0 Å². The van der Waals surface area contributed by atoms with Gasteiger partial charge in [0.1, 0.15) is 11.5 Å². The largest absolute Gasteiger partial charge is 0.349 e. The third kappa shape index (κ3) is 5.45. The lowest BCUT2D eigenvalue weighted by Gasteiger charge is -2.16. The van der Waals surface area contributed by atoms with E-state index in [1.807, 2.05) is 0 Å². The van der Waals surface area contributed by atoms with Crippen LogP contribution in [0.15, 0.2) is 54.6 Å². The van der Waals surface area contributed by atoms with Gasteiger partial charge in [-0.05, 0) is 60.4 Å². The zero-order chi connectivity index (χ0) is 24.7. The lowest BCUT2D eigenvalue weighted by molar-refractivity contribution is 0.512. The van der Waals surface area contributed by atoms with Crippen molar-refractivity contribution in [2.45, 2.75) is 18.1 Å². The van der Waals surface area contributed by atoms with Crippen molar-refractivity contribution >= 4 is 42.8 Å². The molecule has 0 radical (unpaired) electrons. The quantitative estimate of drug-likeness (QED) is 0.403. The molecule has 4 rings (SSSR count). The highest BCUT2D eigenvalue weighted by Crippen LogP contribution is 2.36. The van der Waals surface area contributed by atoms with E-state index < -0.39 is 48.4 Å². The molecule has 0 bridgehead atoms. The van der Waals surface area contributed by atoms with Crippen LogP contribution in [-0.4, -0.2) is 28.3 Å². The molecule has 0 heterocycles. The fraction of sp³-hybridized carbons (Fsp3) is 0.182. The van der Waals surface area contributed by atoms with Gasteiger partial charge in [-0.3, -0.25) is 9.44 Å². The Labute approximate surface area is 195 Å². The van der Waals surface area contributed by atoms with Crippen molar-refractivity contribution in [3.63, 3.8) is 0 Å². The van der Waals surface area contributed by atoms with Crippen molar-refractivity contribution in [3.05, 3.63) is 72.0 Å². The maximum Gasteiger partial charge on any atom is 0.235 e. The molecule has 7 nitrogen and oxygen atoms in total. The topological polar surface area (TPSA) is 104 Å². The molecular weight excluding hydrogens is 491 g/mol. The Hall–Kier alpha value is -3.25. The number of nitrogens with one attached hydrogen (secondary N) is 3. The number of anilines is 4. The maximum atomic E-state index is 14.9. The number of rotatable bonds is 8. The third-order valence-electron chi connectivity index (χ3n) is 5.06. The van der Waals surface area contributed by atoms with Crippen molar-refractivity contribution in [1.82, 2.24) is 0 Å². The van der Waals surface area contributed by atoms with Gasteiger partial charge < -0.3 is 5.32 Å². The van der Waals surface area contributed by atoms with Crippen molar-refractivity contribution in [1.29, 1.82) is 0 Å². The minimum absolute atomic E-state index is 0.199. The molecule has 0 saturated heterocycles. The van der Waals surface area contributed by atoms with Gasteiger partial charge in [0.05, 0.1) is 22.9 Å². The summed E-state index contributed by atoms with van der Waals surface area (Å²) in [6.07, 6.45) is 1.97. The molecule has 1 aliphatic rings. The lowest BCUT2D eigenvalue weighted by atomic mass is 10.0. The number of benzene rings is 3. The molecule has 0 unspecified atom stereocenters. The van der Waals surface area contributed by atoms with E-state index in [0.717, 1.165) is 24.5 Å². The van der Waals surface area contributed by atoms with Crippen LogP contribution in [0, 0.1) is 17.5 Å². The normalized spacial score (nSPS) is 14.0. The van der Waals surface area contributed by atoms with Gasteiger partial charge in [0.15, 0.2) is 11.6 Å². The van der Waals surface area contributed by atoms with Crippen molar-refractivity contribution in [2.24, 2.45) is 0 Å². The van der Waals surface area contributed by atoms with Crippen molar-refractivity contribution < 1.29 is 30.0 Å². The van der Waals surface area contributed by atoms with E-state index in [2.05, 4.69) is 14.8 Å². The molecule has 1 fully saturated rings. The summed E-state index contributed by atoms with van der Waals surface area (Å²) in [5.74, 6) is -3.37. The van der Waals surface area contributed by atoms with E-state index in [-0.39, 0.29) is 11.4 Å². The lowest BCUT2D eigenvalue weighted by Crippen LogP contribution is -2.18. The van der Waals surface area contributed by atoms with Crippen LogP contribution in [0.1, 0.15) is 12.8 Å². The average Bonchev–Trinajstić information content (AvgIpc) is 3.60. The summed E-state index contributed by atoms with van der Waals surface area (Å²) in [7, 11) is -7.21. The minimum Gasteiger partial charge on any atom is -0.349 e. The molecule has 0 spiro atoms. The Morgan fingerprint density at radius 1 is 0.765 bits per heavy atom. The van der Waals surface area contributed by atoms with Crippen LogP contribution in [0.5, 0.6) is 0 Å². The molecule has 0 aliphatic heterocycles. The summed E-state index contributed by atoms with van der Waals surface area (Å²) in [6.45, 7) is 0. The molecule has 3 N–H and O–H groups in total. The minimum atomic E-state index is -3.77. The van der Waals surface area contributed by atoms with Gasteiger partial charge in [0.2, 0.25) is 20.0 Å². The highest BCUT2D eigenvalue weighted by Gasteiger charge is 2.36. The summed E-state index contributed by atoms with van der Waals surface area (Å²) in [6, 6.07) is 12.0. The molecule has 1 saturated carbocycles. The van der Waals surface area contributed by atoms with Crippen molar-refractivity contribution in [3.8, 4) is 11.1 Å². The van der Waals surface area contributed by atoms with Crippen molar-refractivity contribution in [2.75, 3.05) is 21.0 Å². The molecule has 0 atom stereocenters. The van der Waals surface area contributed by atoms with Gasteiger partial charge in [0, 0.05) is 5.69 Å². The van der Waals surface area contributed by atoms with E-state index in [9.17, 15) is 30.0 Å².